The molecule has 0 spiro atoms. The first-order valence-corrected chi connectivity index (χ1v) is 41.0. The summed E-state index contributed by atoms with van der Waals surface area (Å²) in [6.07, 6.45) is 0.318. The van der Waals surface area contributed by atoms with Crippen LogP contribution in [0.15, 0.2) is 77.2 Å². The predicted molar refractivity (Wildman–Crippen MR) is 351 cm³/mol. The highest BCUT2D eigenvalue weighted by Gasteiger charge is 2.44. The van der Waals surface area contributed by atoms with Crippen LogP contribution < -0.4 is 19.7 Å². The fourth-order valence-electron chi connectivity index (χ4n) is 7.90. The van der Waals surface area contributed by atoms with Gasteiger partial charge in [0.2, 0.25) is 45.7 Å². The van der Waals surface area contributed by atoms with Gasteiger partial charge in [0.1, 0.15) is 11.5 Å². The first kappa shape index (κ1) is 70.4. The Morgan fingerprint density at radius 3 is 1.37 bits per heavy atom. The molecule has 4 aromatic carbocycles. The number of benzene rings is 4. The molecule has 1 heterocycles. The second-order valence-electron chi connectivity index (χ2n) is 28.0. The van der Waals surface area contributed by atoms with Gasteiger partial charge in [0.25, 0.3) is 5.91 Å². The highest BCUT2D eigenvalue weighted by Crippen LogP contribution is 2.43. The van der Waals surface area contributed by atoms with Crippen molar-refractivity contribution in [3.63, 3.8) is 0 Å². The maximum atomic E-state index is 13.6. The molecule has 2 amide bonds. The van der Waals surface area contributed by atoms with E-state index >= 15 is 0 Å². The number of nitrogens with one attached hydrogen (secondary N) is 2. The molecule has 1 aromatic heterocycles. The number of amides is 2. The van der Waals surface area contributed by atoms with Crippen molar-refractivity contribution in [2.45, 2.75) is 214 Å². The van der Waals surface area contributed by atoms with E-state index in [1.165, 1.54) is 0 Å². The van der Waals surface area contributed by atoms with Crippen molar-refractivity contribution in [2.24, 2.45) is 5.92 Å². The van der Waals surface area contributed by atoms with Crippen LogP contribution >= 0.6 is 23.2 Å². The summed E-state index contributed by atoms with van der Waals surface area (Å²) in [5.41, 5.74) is 10.8. The minimum atomic E-state index is -2.21. The van der Waals surface area contributed by atoms with Crippen LogP contribution in [0, 0.1) is 32.9 Å². The molecule has 2 N–H and O–H groups in total. The molecule has 0 bridgehead atoms. The first-order chi connectivity index (χ1) is 37.9. The van der Waals surface area contributed by atoms with Crippen LogP contribution in [0.4, 0.5) is 11.4 Å². The van der Waals surface area contributed by atoms with E-state index in [0.29, 0.717) is 51.6 Å². The molecule has 0 saturated carbocycles. The van der Waals surface area contributed by atoms with Crippen molar-refractivity contribution in [3.05, 3.63) is 139 Å². The van der Waals surface area contributed by atoms with Gasteiger partial charge >= 0.3 is 0 Å². The molecule has 0 fully saturated rings. The van der Waals surface area contributed by atoms with Crippen LogP contribution in [0.3, 0.4) is 0 Å². The van der Waals surface area contributed by atoms with Gasteiger partial charge in [-0.15, -0.1) is 10.2 Å². The smallest absolute Gasteiger partial charge is 0.269 e. The zero-order valence-corrected chi connectivity index (χ0v) is 59.6. The van der Waals surface area contributed by atoms with E-state index in [1.807, 2.05) is 57.2 Å². The molecule has 13 nitrogen and oxygen atoms in total. The Morgan fingerprint density at radius 1 is 0.566 bits per heavy atom. The van der Waals surface area contributed by atoms with Crippen LogP contribution in [-0.4, -0.2) is 67.5 Å². The Hall–Kier alpha value is -5.09. The molecule has 0 aliphatic heterocycles. The van der Waals surface area contributed by atoms with Crippen LogP contribution in [0.5, 0.6) is 11.5 Å². The molecule has 0 saturated heterocycles. The van der Waals surface area contributed by atoms with Gasteiger partial charge in [-0.3, -0.25) is 20.4 Å². The Labute approximate surface area is 511 Å². The van der Waals surface area contributed by atoms with Gasteiger partial charge in [0, 0.05) is 11.1 Å². The Balaban J connectivity index is 0.000000356. The van der Waals surface area contributed by atoms with E-state index < -0.39 is 51.2 Å². The summed E-state index contributed by atoms with van der Waals surface area (Å²) in [5.74, 6) is 0.950. The summed E-state index contributed by atoms with van der Waals surface area (Å²) in [5, 5.41) is 9.99. The van der Waals surface area contributed by atoms with E-state index in [4.69, 9.17) is 58.5 Å². The standard InChI is InChI=1S/C32H48ClN3O4Si2.C32H46ClN3O3Si2/c1-21-24(16-19-27(34-9)28(21)33)20-26(22(2)39-41(10,11)31(3,4)5)30(38)36-35-29(37)23-14-17-25(18-15-23)40-42(12,13)32(6,7)8;1-21-24(16-19-27(34-9)28(21)33)20-26(22(2)38-40(10,11)31(3,4)5)30-36-35-29(37-30)23-14-17-25(18-15-23)39-41(12,13)32(6,7)8/h14-19,22,26H,20H2,1-8,10-13H3,(H,35,37)(H,36,38);14-19,22,26H,20H2,1-8,10-13H3/t2*22-,26-/m11/s1. The fourth-order valence-corrected chi connectivity index (χ4v) is 13.3. The third kappa shape index (κ3) is 18.0. The van der Waals surface area contributed by atoms with E-state index in [2.05, 4.69) is 173 Å². The molecule has 5 aromatic rings. The van der Waals surface area contributed by atoms with Crippen LogP contribution in [-0.2, 0) is 26.5 Å². The minimum Gasteiger partial charge on any atom is -0.544 e. The van der Waals surface area contributed by atoms with Gasteiger partial charge < -0.3 is 22.1 Å². The molecular formula is C64H94Cl2N6O7Si4. The van der Waals surface area contributed by atoms with Crippen molar-refractivity contribution in [2.75, 3.05) is 0 Å². The maximum Gasteiger partial charge on any atom is 0.269 e. The van der Waals surface area contributed by atoms with E-state index in [0.717, 1.165) is 39.3 Å². The second kappa shape index (κ2) is 27.1. The molecule has 0 aliphatic carbocycles. The zero-order valence-electron chi connectivity index (χ0n) is 54.1. The largest absolute Gasteiger partial charge is 0.544 e. The molecule has 5 rings (SSSR count). The van der Waals surface area contributed by atoms with Crippen molar-refractivity contribution in [3.8, 4) is 23.0 Å². The lowest BCUT2D eigenvalue weighted by atomic mass is 9.91. The van der Waals surface area contributed by atoms with Gasteiger partial charge in [0.15, 0.2) is 16.6 Å². The number of hydrazine groups is 1. The lowest BCUT2D eigenvalue weighted by Crippen LogP contribution is -2.51. The van der Waals surface area contributed by atoms with E-state index in [9.17, 15) is 9.59 Å². The third-order valence-electron chi connectivity index (χ3n) is 17.8. The Morgan fingerprint density at radius 2 is 0.964 bits per heavy atom. The van der Waals surface area contributed by atoms with E-state index in [-0.39, 0.29) is 38.1 Å². The molecule has 0 unspecified atom stereocenters. The van der Waals surface area contributed by atoms with Gasteiger partial charge in [-0.1, -0.05) is 131 Å². The van der Waals surface area contributed by atoms with Crippen molar-refractivity contribution in [1.82, 2.24) is 21.0 Å². The normalized spacial score (nSPS) is 14.2. The number of hydrogen-bond acceptors (Lipinski definition) is 9. The second-order valence-corrected chi connectivity index (χ2v) is 47.8. The third-order valence-corrected chi connectivity index (χ3v) is 36.6. The summed E-state index contributed by atoms with van der Waals surface area (Å²) >= 11 is 13.0. The monoisotopic (exact) mass is 1240 g/mol. The highest BCUT2D eigenvalue weighted by atomic mass is 35.5. The lowest BCUT2D eigenvalue weighted by molar-refractivity contribution is -0.128. The summed E-state index contributed by atoms with van der Waals surface area (Å²) in [7, 11) is -8.24. The highest BCUT2D eigenvalue weighted by molar-refractivity contribution is 6.75. The van der Waals surface area contributed by atoms with Gasteiger partial charge in [-0.25, -0.2) is 9.69 Å². The molecule has 83 heavy (non-hydrogen) atoms. The number of hydrogen-bond donors (Lipinski definition) is 2. The summed E-state index contributed by atoms with van der Waals surface area (Å²) in [6, 6.07) is 22.1. The Kier molecular flexibility index (Phi) is 23.0. The Bertz CT molecular complexity index is 3140. The quantitative estimate of drug-likeness (QED) is 0.0498. The average molecular weight is 1240 g/mol. The maximum absolute atomic E-state index is 13.6. The van der Waals surface area contributed by atoms with Crippen molar-refractivity contribution in [1.29, 1.82) is 0 Å². The number of rotatable bonds is 18. The van der Waals surface area contributed by atoms with Gasteiger partial charge in [-0.05, 0) is 184 Å². The van der Waals surface area contributed by atoms with E-state index in [1.54, 1.807) is 36.4 Å². The minimum absolute atomic E-state index is 0.0481. The lowest BCUT2D eigenvalue weighted by Gasteiger charge is -2.40. The number of halogens is 2. The average Bonchev–Trinajstić information content (AvgIpc) is 4.14. The molecule has 0 aliphatic rings. The number of carbonyl (C=O) groups is 2. The molecule has 19 heteroatoms. The van der Waals surface area contributed by atoms with Crippen molar-refractivity contribution < 1.29 is 31.7 Å². The predicted octanol–water partition coefficient (Wildman–Crippen LogP) is 19.0. The number of nitrogens with zero attached hydrogens (tertiary/aromatic N) is 4. The van der Waals surface area contributed by atoms with Crippen LogP contribution in [0.25, 0.3) is 21.1 Å². The first-order valence-electron chi connectivity index (χ1n) is 28.6. The molecule has 0 radical (unpaired) electrons. The topological polar surface area (TPSA) is 143 Å². The fraction of sp³-hybridized carbons (Fsp3) is 0.531. The summed E-state index contributed by atoms with van der Waals surface area (Å²) in [4.78, 5) is 33.6. The van der Waals surface area contributed by atoms with Gasteiger partial charge in [0.05, 0.1) is 47.2 Å². The zero-order chi connectivity index (χ0) is 63.2. The number of aromatic nitrogens is 2. The molecule has 4 atom stereocenters. The summed E-state index contributed by atoms with van der Waals surface area (Å²) in [6.45, 7) is 66.5. The number of carbonyl (C=O) groups excluding carboxylic acids is 2. The summed E-state index contributed by atoms with van der Waals surface area (Å²) < 4.78 is 32.5. The SMILES string of the molecule is [C-]#[N+]c1ccc(C[C@@H](C(=O)NNC(=O)c2ccc(O[Si](C)(C)C(C)(C)C)cc2)[C@@H](C)O[Si](C)(C)C(C)(C)C)c(C)c1Cl.[C-]#[N+]c1ccc(C[C@@H](c2nnc(-c3ccc(O[Si](C)(C)C(C)(C)C)cc3)o2)[C@@H](C)O[Si](C)(C)C(C)(C)C)c(C)c1Cl. The van der Waals surface area contributed by atoms with Crippen molar-refractivity contribution >= 4 is 79.7 Å². The van der Waals surface area contributed by atoms with Gasteiger partial charge in [-0.2, -0.15) is 0 Å². The van der Waals surface area contributed by atoms with Crippen LogP contribution in [0.2, 0.25) is 82.6 Å². The molecule has 452 valence electrons. The van der Waals surface area contributed by atoms with Crippen LogP contribution in [0.1, 0.15) is 141 Å². The molecular weight excluding hydrogens is 1150 g/mol.